The van der Waals surface area contributed by atoms with Crippen LogP contribution in [0.3, 0.4) is 0 Å². The van der Waals surface area contributed by atoms with Gasteiger partial charge in [-0.05, 0) is 61.0 Å². The first-order chi connectivity index (χ1) is 12.5. The smallest absolute Gasteiger partial charge is 0.314 e. The predicted octanol–water partition coefficient (Wildman–Crippen LogP) is 3.26. The molecule has 3 fully saturated rings. The van der Waals surface area contributed by atoms with E-state index in [1.54, 1.807) is 6.26 Å². The Morgan fingerprint density at radius 3 is 3.00 bits per heavy atom. The maximum Gasteiger partial charge on any atom is 0.314 e. The SMILES string of the molecule is COC(=O)[C@]12CCC[C@]3([C@H](O)OC1)[C@H]1Cc4occc4[C@H](C)[C@@H]1CC[C@@H]23. The molecule has 0 spiro atoms. The van der Waals surface area contributed by atoms with Crippen LogP contribution in [0.2, 0.25) is 0 Å². The lowest BCUT2D eigenvalue weighted by molar-refractivity contribution is -0.319. The number of ether oxygens (including phenoxy) is 2. The number of fused-ring (bicyclic) bond motifs is 2. The van der Waals surface area contributed by atoms with Crippen LogP contribution < -0.4 is 0 Å². The van der Waals surface area contributed by atoms with Crippen LogP contribution in [0.5, 0.6) is 0 Å². The molecule has 4 aliphatic rings. The van der Waals surface area contributed by atoms with Crippen LogP contribution in [-0.4, -0.2) is 31.1 Å². The Morgan fingerprint density at radius 1 is 1.35 bits per heavy atom. The van der Waals surface area contributed by atoms with Gasteiger partial charge in [0.2, 0.25) is 0 Å². The Labute approximate surface area is 154 Å². The van der Waals surface area contributed by atoms with Gasteiger partial charge in [-0.2, -0.15) is 0 Å². The summed E-state index contributed by atoms with van der Waals surface area (Å²) < 4.78 is 16.9. The first-order valence-electron chi connectivity index (χ1n) is 9.99. The van der Waals surface area contributed by atoms with Gasteiger partial charge in [0.1, 0.15) is 5.76 Å². The van der Waals surface area contributed by atoms with Gasteiger partial charge in [0.15, 0.2) is 6.29 Å². The predicted molar refractivity (Wildman–Crippen MR) is 93.2 cm³/mol. The first kappa shape index (κ1) is 16.8. The molecule has 142 valence electrons. The summed E-state index contributed by atoms with van der Waals surface area (Å²) in [6.45, 7) is 2.57. The van der Waals surface area contributed by atoms with Crippen molar-refractivity contribution in [3.05, 3.63) is 23.7 Å². The van der Waals surface area contributed by atoms with Crippen molar-refractivity contribution in [1.29, 1.82) is 0 Å². The van der Waals surface area contributed by atoms with E-state index < -0.39 is 11.7 Å². The van der Waals surface area contributed by atoms with Gasteiger partial charge in [-0.25, -0.2) is 0 Å². The van der Waals surface area contributed by atoms with Crippen molar-refractivity contribution in [1.82, 2.24) is 0 Å². The zero-order chi connectivity index (χ0) is 18.1. The number of esters is 1. The molecular formula is C21H28O5. The maximum atomic E-state index is 12.8. The van der Waals surface area contributed by atoms with Crippen LogP contribution in [-0.2, 0) is 20.7 Å². The Balaban J connectivity index is 1.63. The van der Waals surface area contributed by atoms with Crippen LogP contribution in [0.4, 0.5) is 0 Å². The summed E-state index contributed by atoms with van der Waals surface area (Å²) in [5.41, 5.74) is 0.360. The van der Waals surface area contributed by atoms with Crippen molar-refractivity contribution in [2.75, 3.05) is 13.7 Å². The number of hydrogen-bond acceptors (Lipinski definition) is 5. The average molecular weight is 360 g/mol. The van der Waals surface area contributed by atoms with E-state index in [0.717, 1.165) is 44.3 Å². The van der Waals surface area contributed by atoms with Crippen molar-refractivity contribution >= 4 is 5.97 Å². The van der Waals surface area contributed by atoms with Gasteiger partial charge < -0.3 is 19.0 Å². The summed E-state index contributed by atoms with van der Waals surface area (Å²) >= 11 is 0. The number of carbonyl (C=O) groups excluding carboxylic acids is 1. The number of rotatable bonds is 1. The van der Waals surface area contributed by atoms with Gasteiger partial charge >= 0.3 is 5.97 Å². The number of aliphatic hydroxyl groups excluding tert-OH is 1. The van der Waals surface area contributed by atoms with E-state index >= 15 is 0 Å². The molecule has 0 aromatic carbocycles. The second kappa shape index (κ2) is 5.59. The summed E-state index contributed by atoms with van der Waals surface area (Å²) in [6, 6.07) is 2.10. The van der Waals surface area contributed by atoms with Crippen molar-refractivity contribution in [3.63, 3.8) is 0 Å². The first-order valence-corrected chi connectivity index (χ1v) is 9.99. The molecule has 1 aromatic heterocycles. The normalized spacial score (nSPS) is 46.7. The van der Waals surface area contributed by atoms with Crippen LogP contribution in [0.25, 0.3) is 0 Å². The zero-order valence-electron chi connectivity index (χ0n) is 15.6. The molecule has 2 heterocycles. The quantitative estimate of drug-likeness (QED) is 0.779. The fourth-order valence-corrected chi connectivity index (χ4v) is 7.35. The second-order valence-electron chi connectivity index (χ2n) is 8.97. The van der Waals surface area contributed by atoms with E-state index in [2.05, 4.69) is 13.0 Å². The fraction of sp³-hybridized carbons (Fsp3) is 0.762. The monoisotopic (exact) mass is 360 g/mol. The summed E-state index contributed by atoms with van der Waals surface area (Å²) in [7, 11) is 1.47. The molecule has 0 radical (unpaired) electrons. The molecule has 1 saturated heterocycles. The third kappa shape index (κ3) is 1.86. The zero-order valence-corrected chi connectivity index (χ0v) is 15.6. The van der Waals surface area contributed by atoms with Crippen LogP contribution in [0, 0.1) is 28.6 Å². The number of furan rings is 1. The number of aliphatic hydroxyl groups is 1. The molecule has 1 aromatic rings. The molecule has 3 aliphatic carbocycles. The maximum absolute atomic E-state index is 12.8. The minimum absolute atomic E-state index is 0.130. The fourth-order valence-electron chi connectivity index (χ4n) is 7.35. The average Bonchev–Trinajstić information content (AvgIpc) is 3.13. The lowest BCUT2D eigenvalue weighted by Gasteiger charge is -2.66. The van der Waals surface area contributed by atoms with Crippen LogP contribution in [0.15, 0.2) is 16.7 Å². The molecule has 1 N–H and O–H groups in total. The Bertz CT molecular complexity index is 726. The number of carbonyl (C=O) groups is 1. The third-order valence-electron chi connectivity index (χ3n) is 8.41. The molecule has 7 atom stereocenters. The summed E-state index contributed by atoms with van der Waals surface area (Å²) in [4.78, 5) is 12.8. The summed E-state index contributed by atoms with van der Waals surface area (Å²) in [6.07, 6.45) is 6.55. The largest absolute Gasteiger partial charge is 0.469 e. The van der Waals surface area contributed by atoms with Crippen molar-refractivity contribution in [2.45, 2.75) is 57.7 Å². The second-order valence-corrected chi connectivity index (χ2v) is 8.97. The van der Waals surface area contributed by atoms with E-state index in [1.807, 2.05) is 0 Å². The number of methoxy groups -OCH3 is 1. The molecule has 0 amide bonds. The molecule has 2 saturated carbocycles. The van der Waals surface area contributed by atoms with Gasteiger partial charge in [0, 0.05) is 11.8 Å². The van der Waals surface area contributed by atoms with Crippen molar-refractivity contribution < 1.29 is 23.8 Å². The van der Waals surface area contributed by atoms with E-state index in [-0.39, 0.29) is 29.8 Å². The van der Waals surface area contributed by atoms with E-state index in [9.17, 15) is 9.90 Å². The molecule has 5 heteroatoms. The number of hydrogen-bond donors (Lipinski definition) is 1. The van der Waals surface area contributed by atoms with E-state index in [1.165, 1.54) is 12.7 Å². The van der Waals surface area contributed by atoms with E-state index in [0.29, 0.717) is 11.8 Å². The topological polar surface area (TPSA) is 68.9 Å². The van der Waals surface area contributed by atoms with Gasteiger partial charge in [0.25, 0.3) is 0 Å². The van der Waals surface area contributed by atoms with Gasteiger partial charge in [0.05, 0.1) is 25.4 Å². The molecule has 0 unspecified atom stereocenters. The minimum Gasteiger partial charge on any atom is -0.469 e. The van der Waals surface area contributed by atoms with Gasteiger partial charge in [-0.3, -0.25) is 4.79 Å². The van der Waals surface area contributed by atoms with Crippen molar-refractivity contribution in [3.8, 4) is 0 Å². The Kier molecular flexibility index (Phi) is 3.61. The van der Waals surface area contributed by atoms with Crippen LogP contribution in [0.1, 0.15) is 56.3 Å². The van der Waals surface area contributed by atoms with E-state index in [4.69, 9.17) is 13.9 Å². The van der Waals surface area contributed by atoms with Gasteiger partial charge in [-0.1, -0.05) is 13.3 Å². The summed E-state index contributed by atoms with van der Waals surface area (Å²) in [5, 5.41) is 11.1. The highest BCUT2D eigenvalue weighted by Gasteiger charge is 2.69. The molecular weight excluding hydrogens is 332 g/mol. The molecule has 5 nitrogen and oxygen atoms in total. The lowest BCUT2D eigenvalue weighted by atomic mass is 9.41. The van der Waals surface area contributed by atoms with Gasteiger partial charge in [-0.15, -0.1) is 0 Å². The molecule has 2 bridgehead atoms. The lowest BCUT2D eigenvalue weighted by Crippen LogP contribution is -2.68. The standard InChI is InChI=1S/C21H28O5/c1-12-13-4-5-17-20(18(22)24-2)7-3-8-21(17,19(23)26-11-20)15(13)10-16-14(12)6-9-25-16/h6,9,12-13,15,17,19,23H,3-5,7-8,10-11H2,1-2H3/t12-,13+,15+,17+,19-,20-,21+/m1/s1. The minimum atomic E-state index is -0.804. The highest BCUT2D eigenvalue weighted by atomic mass is 16.6. The highest BCUT2D eigenvalue weighted by Crippen LogP contribution is 2.68. The highest BCUT2D eigenvalue weighted by molar-refractivity contribution is 5.78. The Morgan fingerprint density at radius 2 is 2.19 bits per heavy atom. The van der Waals surface area contributed by atoms with Crippen LogP contribution >= 0.6 is 0 Å². The third-order valence-corrected chi connectivity index (χ3v) is 8.41. The molecule has 26 heavy (non-hydrogen) atoms. The van der Waals surface area contributed by atoms with Crippen molar-refractivity contribution in [2.24, 2.45) is 28.6 Å². The molecule has 1 aliphatic heterocycles. The Hall–Kier alpha value is -1.33. The summed E-state index contributed by atoms with van der Waals surface area (Å²) in [5.74, 6) is 2.24. The molecule has 5 rings (SSSR count).